The molecule has 0 unspecified atom stereocenters. The average molecular weight is 652 g/mol. The van der Waals surface area contributed by atoms with Crippen molar-refractivity contribution in [2.75, 3.05) is 0 Å². The molecule has 0 aliphatic rings. The fourth-order valence-electron chi connectivity index (χ4n) is 7.15. The van der Waals surface area contributed by atoms with Crippen molar-refractivity contribution in [3.05, 3.63) is 176 Å². The highest BCUT2D eigenvalue weighted by Crippen LogP contribution is 2.42. The van der Waals surface area contributed by atoms with Crippen molar-refractivity contribution in [2.45, 2.75) is 0 Å². The monoisotopic (exact) mass is 651 g/mol. The molecule has 0 spiro atoms. The van der Waals surface area contributed by atoms with Crippen molar-refractivity contribution in [3.63, 3.8) is 0 Å². The predicted molar refractivity (Wildman–Crippen MR) is 209 cm³/mol. The van der Waals surface area contributed by atoms with Crippen molar-refractivity contribution >= 4 is 43.5 Å². The second-order valence-corrected chi connectivity index (χ2v) is 12.8. The average Bonchev–Trinajstić information content (AvgIpc) is 3.60. The van der Waals surface area contributed by atoms with Gasteiger partial charge in [0.2, 0.25) is 0 Å². The fraction of sp³-hybridized carbons (Fsp3) is 0. The van der Waals surface area contributed by atoms with Crippen LogP contribution in [0.1, 0.15) is 0 Å². The molecule has 4 nitrogen and oxygen atoms in total. The summed E-state index contributed by atoms with van der Waals surface area (Å²) in [5.41, 5.74) is 8.95. The summed E-state index contributed by atoms with van der Waals surface area (Å²) in [6.07, 6.45) is 0. The SMILES string of the molecule is c1ccc(-c2ccc3cc(-c4cc(-c5nc(-c6ccccc6)nc(-c6ccccc6)n5)cc5oc6c7ccccc7ccc6c45)ccc3c2)cc1. The summed E-state index contributed by atoms with van der Waals surface area (Å²) in [6, 6.07) is 61.1. The number of furan rings is 1. The summed E-state index contributed by atoms with van der Waals surface area (Å²) in [4.78, 5) is 15.1. The third-order valence-electron chi connectivity index (χ3n) is 9.68. The Morgan fingerprint density at radius 3 is 1.53 bits per heavy atom. The third kappa shape index (κ3) is 5.13. The van der Waals surface area contributed by atoms with Gasteiger partial charge >= 0.3 is 0 Å². The van der Waals surface area contributed by atoms with Crippen LogP contribution in [0.5, 0.6) is 0 Å². The molecule has 0 saturated heterocycles. The van der Waals surface area contributed by atoms with Crippen molar-refractivity contribution in [1.82, 2.24) is 15.0 Å². The number of aromatic nitrogens is 3. The molecule has 0 aliphatic carbocycles. The zero-order valence-corrected chi connectivity index (χ0v) is 27.5. The number of benzene rings is 8. The Labute approximate surface area is 294 Å². The quantitative estimate of drug-likeness (QED) is 0.186. The van der Waals surface area contributed by atoms with E-state index in [-0.39, 0.29) is 0 Å². The first-order chi connectivity index (χ1) is 25.2. The van der Waals surface area contributed by atoms with Gasteiger partial charge in [0.15, 0.2) is 17.5 Å². The highest BCUT2D eigenvalue weighted by molar-refractivity contribution is 6.20. The molecule has 0 amide bonds. The number of hydrogen-bond donors (Lipinski definition) is 0. The van der Waals surface area contributed by atoms with Crippen LogP contribution in [-0.4, -0.2) is 15.0 Å². The van der Waals surface area contributed by atoms with Crippen LogP contribution >= 0.6 is 0 Å². The standard InChI is InChI=1S/C47H29N3O/c1-4-12-30(13-5-1)34-20-21-36-27-37(23-22-35(36)26-34)41-28-38(29-42-43(41)40-25-24-31-14-10-11-19-39(31)44(40)51-42)47-49-45(32-15-6-2-7-16-32)48-46(50-47)33-17-8-3-9-18-33/h1-29H. The van der Waals surface area contributed by atoms with Crippen LogP contribution in [0.15, 0.2) is 180 Å². The molecular weight excluding hydrogens is 623 g/mol. The summed E-state index contributed by atoms with van der Waals surface area (Å²) < 4.78 is 6.80. The Morgan fingerprint density at radius 2 is 0.863 bits per heavy atom. The largest absolute Gasteiger partial charge is 0.455 e. The molecule has 8 aromatic carbocycles. The van der Waals surface area contributed by atoms with E-state index in [1.54, 1.807) is 0 Å². The molecule has 0 atom stereocenters. The maximum absolute atomic E-state index is 6.80. The van der Waals surface area contributed by atoms with E-state index in [1.807, 2.05) is 60.7 Å². The molecule has 0 N–H and O–H groups in total. The Kier molecular flexibility index (Phi) is 6.78. The van der Waals surface area contributed by atoms with Gasteiger partial charge in [0.05, 0.1) is 0 Å². The molecular formula is C47H29N3O. The lowest BCUT2D eigenvalue weighted by atomic mass is 9.93. The minimum Gasteiger partial charge on any atom is -0.455 e. The van der Waals surface area contributed by atoms with Crippen LogP contribution in [0, 0.1) is 0 Å². The Balaban J connectivity index is 1.22. The van der Waals surface area contributed by atoms with E-state index >= 15 is 0 Å². The van der Waals surface area contributed by atoms with Crippen LogP contribution in [0.2, 0.25) is 0 Å². The highest BCUT2D eigenvalue weighted by atomic mass is 16.3. The molecule has 0 bridgehead atoms. The second kappa shape index (κ2) is 11.9. The van der Waals surface area contributed by atoms with E-state index in [2.05, 4.69) is 115 Å². The van der Waals surface area contributed by atoms with Crippen LogP contribution in [0.4, 0.5) is 0 Å². The third-order valence-corrected chi connectivity index (χ3v) is 9.68. The smallest absolute Gasteiger partial charge is 0.164 e. The van der Waals surface area contributed by atoms with E-state index in [4.69, 9.17) is 19.4 Å². The van der Waals surface area contributed by atoms with Gasteiger partial charge in [0.1, 0.15) is 11.2 Å². The van der Waals surface area contributed by atoms with Crippen molar-refractivity contribution in [3.8, 4) is 56.4 Å². The first kappa shape index (κ1) is 29.0. The lowest BCUT2D eigenvalue weighted by molar-refractivity contribution is 0.673. The van der Waals surface area contributed by atoms with E-state index in [0.29, 0.717) is 17.5 Å². The predicted octanol–water partition coefficient (Wildman–Crippen LogP) is 12.4. The van der Waals surface area contributed by atoms with Gasteiger partial charge in [-0.3, -0.25) is 0 Å². The molecule has 10 aromatic rings. The van der Waals surface area contributed by atoms with Gasteiger partial charge in [-0.2, -0.15) is 0 Å². The lowest BCUT2D eigenvalue weighted by Gasteiger charge is -2.12. The number of hydrogen-bond acceptors (Lipinski definition) is 4. The van der Waals surface area contributed by atoms with Gasteiger partial charge in [0, 0.05) is 32.8 Å². The first-order valence-corrected chi connectivity index (χ1v) is 17.1. The molecule has 2 aromatic heterocycles. The molecule has 10 rings (SSSR count). The second-order valence-electron chi connectivity index (χ2n) is 12.8. The van der Waals surface area contributed by atoms with E-state index in [9.17, 15) is 0 Å². The minimum atomic E-state index is 0.587. The fourth-order valence-corrected chi connectivity index (χ4v) is 7.15. The molecule has 2 heterocycles. The molecule has 0 fully saturated rings. The first-order valence-electron chi connectivity index (χ1n) is 17.1. The van der Waals surface area contributed by atoms with Crippen LogP contribution in [0.3, 0.4) is 0 Å². The van der Waals surface area contributed by atoms with Crippen LogP contribution < -0.4 is 0 Å². The van der Waals surface area contributed by atoms with Crippen molar-refractivity contribution < 1.29 is 4.42 Å². The molecule has 0 saturated carbocycles. The van der Waals surface area contributed by atoms with E-state index < -0.39 is 0 Å². The van der Waals surface area contributed by atoms with Crippen molar-refractivity contribution in [2.24, 2.45) is 0 Å². The highest BCUT2D eigenvalue weighted by Gasteiger charge is 2.20. The summed E-state index contributed by atoms with van der Waals surface area (Å²) in [5, 5.41) is 6.73. The Hall–Kier alpha value is -6.91. The molecule has 0 aliphatic heterocycles. The van der Waals surface area contributed by atoms with E-state index in [1.165, 1.54) is 21.9 Å². The van der Waals surface area contributed by atoms with Crippen LogP contribution in [-0.2, 0) is 0 Å². The number of nitrogens with zero attached hydrogens (tertiary/aromatic N) is 3. The normalized spacial score (nSPS) is 11.5. The summed E-state index contributed by atoms with van der Waals surface area (Å²) in [5.74, 6) is 1.83. The van der Waals surface area contributed by atoms with Gasteiger partial charge < -0.3 is 4.42 Å². The molecule has 4 heteroatoms. The summed E-state index contributed by atoms with van der Waals surface area (Å²) in [6.45, 7) is 0. The summed E-state index contributed by atoms with van der Waals surface area (Å²) in [7, 11) is 0. The Morgan fingerprint density at radius 1 is 0.333 bits per heavy atom. The number of rotatable bonds is 5. The molecule has 51 heavy (non-hydrogen) atoms. The van der Waals surface area contributed by atoms with Gasteiger partial charge in [0.25, 0.3) is 0 Å². The maximum atomic E-state index is 6.80. The summed E-state index contributed by atoms with van der Waals surface area (Å²) >= 11 is 0. The molecule has 238 valence electrons. The van der Waals surface area contributed by atoms with Gasteiger partial charge in [-0.1, -0.05) is 146 Å². The van der Waals surface area contributed by atoms with Crippen molar-refractivity contribution in [1.29, 1.82) is 0 Å². The maximum Gasteiger partial charge on any atom is 0.164 e. The zero-order chi connectivity index (χ0) is 33.7. The van der Waals surface area contributed by atoms with Gasteiger partial charge in [-0.15, -0.1) is 0 Å². The topological polar surface area (TPSA) is 51.8 Å². The number of fused-ring (bicyclic) bond motifs is 6. The minimum absolute atomic E-state index is 0.587. The lowest BCUT2D eigenvalue weighted by Crippen LogP contribution is -2.00. The van der Waals surface area contributed by atoms with Gasteiger partial charge in [-0.25, -0.2) is 15.0 Å². The van der Waals surface area contributed by atoms with Gasteiger partial charge in [-0.05, 0) is 68.7 Å². The molecule has 0 radical (unpaired) electrons. The van der Waals surface area contributed by atoms with Crippen LogP contribution in [0.25, 0.3) is 99.9 Å². The zero-order valence-electron chi connectivity index (χ0n) is 27.5. The van der Waals surface area contributed by atoms with E-state index in [0.717, 1.165) is 60.5 Å². The Bertz CT molecular complexity index is 2840.